The third-order valence-corrected chi connectivity index (χ3v) is 3.46. The minimum Gasteiger partial charge on any atom is -0.493 e. The maximum Gasteiger partial charge on any atom is 0.161 e. The molecular formula is C19H25NO2. The van der Waals surface area contributed by atoms with Crippen LogP contribution in [0.4, 0.5) is 5.69 Å². The van der Waals surface area contributed by atoms with Gasteiger partial charge in [0.1, 0.15) is 0 Å². The summed E-state index contributed by atoms with van der Waals surface area (Å²) in [6.07, 6.45) is 0.132. The number of benzene rings is 2. The van der Waals surface area contributed by atoms with E-state index in [1.54, 1.807) is 7.11 Å². The van der Waals surface area contributed by atoms with Gasteiger partial charge in [-0.05, 0) is 57.0 Å². The molecule has 0 unspecified atom stereocenters. The standard InChI is InChI=1S/C19H25NO2/c1-13(2)22-18-9-7-16(11-19(18)21-5)12-20-17-8-6-14(3)10-15(17)4/h6-11,13,20H,12H2,1-5H3. The molecule has 3 nitrogen and oxygen atoms in total. The molecule has 0 aliphatic heterocycles. The van der Waals surface area contributed by atoms with E-state index >= 15 is 0 Å². The van der Waals surface area contributed by atoms with Crippen LogP contribution in [0.2, 0.25) is 0 Å². The Kier molecular flexibility index (Phi) is 5.31. The van der Waals surface area contributed by atoms with Crippen molar-refractivity contribution in [2.75, 3.05) is 12.4 Å². The summed E-state index contributed by atoms with van der Waals surface area (Å²) in [4.78, 5) is 0. The molecule has 0 saturated carbocycles. The van der Waals surface area contributed by atoms with E-state index in [-0.39, 0.29) is 6.10 Å². The van der Waals surface area contributed by atoms with Gasteiger partial charge in [-0.25, -0.2) is 0 Å². The smallest absolute Gasteiger partial charge is 0.161 e. The van der Waals surface area contributed by atoms with Gasteiger partial charge in [-0.15, -0.1) is 0 Å². The summed E-state index contributed by atoms with van der Waals surface area (Å²) < 4.78 is 11.2. The van der Waals surface area contributed by atoms with Crippen LogP contribution in [0.5, 0.6) is 11.5 Å². The monoisotopic (exact) mass is 299 g/mol. The van der Waals surface area contributed by atoms with Crippen LogP contribution in [-0.2, 0) is 6.54 Å². The van der Waals surface area contributed by atoms with Crippen LogP contribution >= 0.6 is 0 Å². The molecule has 118 valence electrons. The van der Waals surface area contributed by atoms with Gasteiger partial charge in [0.25, 0.3) is 0 Å². The highest BCUT2D eigenvalue weighted by Crippen LogP contribution is 2.29. The van der Waals surface area contributed by atoms with Crippen LogP contribution in [0.25, 0.3) is 0 Å². The molecule has 0 aromatic heterocycles. The van der Waals surface area contributed by atoms with Crippen LogP contribution in [0.15, 0.2) is 36.4 Å². The average Bonchev–Trinajstić information content (AvgIpc) is 2.47. The van der Waals surface area contributed by atoms with Gasteiger partial charge in [0.2, 0.25) is 0 Å². The van der Waals surface area contributed by atoms with E-state index in [4.69, 9.17) is 9.47 Å². The zero-order chi connectivity index (χ0) is 16.1. The Hall–Kier alpha value is -2.16. The third-order valence-electron chi connectivity index (χ3n) is 3.46. The summed E-state index contributed by atoms with van der Waals surface area (Å²) in [7, 11) is 1.67. The summed E-state index contributed by atoms with van der Waals surface area (Å²) in [6.45, 7) is 9.00. The molecule has 2 rings (SSSR count). The van der Waals surface area contributed by atoms with Gasteiger partial charge in [0.15, 0.2) is 11.5 Å². The number of nitrogens with one attached hydrogen (secondary N) is 1. The highest BCUT2D eigenvalue weighted by molar-refractivity contribution is 5.53. The maximum absolute atomic E-state index is 5.74. The molecular weight excluding hydrogens is 274 g/mol. The van der Waals surface area contributed by atoms with Gasteiger partial charge in [0.05, 0.1) is 13.2 Å². The van der Waals surface area contributed by atoms with Crippen molar-refractivity contribution in [3.05, 3.63) is 53.1 Å². The van der Waals surface area contributed by atoms with Crippen molar-refractivity contribution in [1.29, 1.82) is 0 Å². The number of ether oxygens (including phenoxy) is 2. The van der Waals surface area contributed by atoms with Crippen molar-refractivity contribution >= 4 is 5.69 Å². The topological polar surface area (TPSA) is 30.5 Å². The minimum atomic E-state index is 0.132. The SMILES string of the molecule is COc1cc(CNc2ccc(C)cc2C)ccc1OC(C)C. The van der Waals surface area contributed by atoms with Gasteiger partial charge in [-0.2, -0.15) is 0 Å². The molecule has 0 fully saturated rings. The molecule has 0 aliphatic carbocycles. The van der Waals surface area contributed by atoms with Crippen molar-refractivity contribution in [3.8, 4) is 11.5 Å². The van der Waals surface area contributed by atoms with Crippen LogP contribution < -0.4 is 14.8 Å². The van der Waals surface area contributed by atoms with E-state index in [1.165, 1.54) is 11.1 Å². The number of aryl methyl sites for hydroxylation is 2. The fourth-order valence-corrected chi connectivity index (χ4v) is 2.38. The number of hydrogen-bond donors (Lipinski definition) is 1. The number of hydrogen-bond acceptors (Lipinski definition) is 3. The Balaban J connectivity index is 2.09. The van der Waals surface area contributed by atoms with Crippen molar-refractivity contribution < 1.29 is 9.47 Å². The van der Waals surface area contributed by atoms with Crippen LogP contribution in [0.3, 0.4) is 0 Å². The maximum atomic E-state index is 5.74. The van der Waals surface area contributed by atoms with Crippen molar-refractivity contribution in [1.82, 2.24) is 0 Å². The predicted molar refractivity (Wildman–Crippen MR) is 92.0 cm³/mol. The Labute approximate surface area is 133 Å². The third kappa shape index (κ3) is 4.17. The highest BCUT2D eigenvalue weighted by atomic mass is 16.5. The second-order valence-electron chi connectivity index (χ2n) is 5.82. The first-order chi connectivity index (χ1) is 10.5. The van der Waals surface area contributed by atoms with E-state index in [0.717, 1.165) is 29.3 Å². The van der Waals surface area contributed by atoms with Gasteiger partial charge in [0, 0.05) is 12.2 Å². The van der Waals surface area contributed by atoms with Gasteiger partial charge in [-0.1, -0.05) is 23.8 Å². The van der Waals surface area contributed by atoms with E-state index in [2.05, 4.69) is 43.4 Å². The Bertz CT molecular complexity index is 635. The fraction of sp³-hybridized carbons (Fsp3) is 0.368. The highest BCUT2D eigenvalue weighted by Gasteiger charge is 2.08. The lowest BCUT2D eigenvalue weighted by Crippen LogP contribution is -2.07. The summed E-state index contributed by atoms with van der Waals surface area (Å²) in [5, 5.41) is 3.47. The Morgan fingerprint density at radius 1 is 1.00 bits per heavy atom. The lowest BCUT2D eigenvalue weighted by molar-refractivity contribution is 0.230. The summed E-state index contributed by atoms with van der Waals surface area (Å²) in [5.74, 6) is 1.56. The second kappa shape index (κ2) is 7.21. The van der Waals surface area contributed by atoms with Gasteiger partial charge < -0.3 is 14.8 Å². The number of rotatable bonds is 6. The molecule has 0 saturated heterocycles. The molecule has 0 spiro atoms. The molecule has 3 heteroatoms. The van der Waals surface area contributed by atoms with E-state index in [0.29, 0.717) is 0 Å². The summed E-state index contributed by atoms with van der Waals surface area (Å²) in [6, 6.07) is 12.5. The average molecular weight is 299 g/mol. The Morgan fingerprint density at radius 2 is 1.77 bits per heavy atom. The molecule has 1 N–H and O–H groups in total. The van der Waals surface area contributed by atoms with E-state index in [9.17, 15) is 0 Å². The molecule has 0 bridgehead atoms. The van der Waals surface area contributed by atoms with E-state index < -0.39 is 0 Å². The van der Waals surface area contributed by atoms with Crippen LogP contribution in [-0.4, -0.2) is 13.2 Å². The summed E-state index contributed by atoms with van der Waals surface area (Å²) >= 11 is 0. The molecule has 22 heavy (non-hydrogen) atoms. The molecule has 0 heterocycles. The number of methoxy groups -OCH3 is 1. The zero-order valence-electron chi connectivity index (χ0n) is 14.1. The molecule has 0 amide bonds. The molecule has 2 aromatic carbocycles. The van der Waals surface area contributed by atoms with Gasteiger partial charge in [-0.3, -0.25) is 0 Å². The van der Waals surface area contributed by atoms with E-state index in [1.807, 2.05) is 26.0 Å². The quantitative estimate of drug-likeness (QED) is 0.838. The van der Waals surface area contributed by atoms with Crippen LogP contribution in [0, 0.1) is 13.8 Å². The lowest BCUT2D eigenvalue weighted by atomic mass is 10.1. The van der Waals surface area contributed by atoms with Crippen LogP contribution in [0.1, 0.15) is 30.5 Å². The molecule has 0 radical (unpaired) electrons. The second-order valence-corrected chi connectivity index (χ2v) is 5.82. The first-order valence-corrected chi connectivity index (χ1v) is 7.64. The first kappa shape index (κ1) is 16.2. The molecule has 0 atom stereocenters. The normalized spacial score (nSPS) is 10.6. The van der Waals surface area contributed by atoms with Crippen molar-refractivity contribution in [2.45, 2.75) is 40.3 Å². The number of anilines is 1. The fourth-order valence-electron chi connectivity index (χ4n) is 2.38. The zero-order valence-corrected chi connectivity index (χ0v) is 14.1. The predicted octanol–water partition coefficient (Wildman–Crippen LogP) is 4.71. The Morgan fingerprint density at radius 3 is 2.41 bits per heavy atom. The summed E-state index contributed by atoms with van der Waals surface area (Å²) in [5.41, 5.74) is 4.85. The first-order valence-electron chi connectivity index (χ1n) is 7.64. The molecule has 2 aromatic rings. The molecule has 0 aliphatic rings. The van der Waals surface area contributed by atoms with Crippen molar-refractivity contribution in [2.24, 2.45) is 0 Å². The lowest BCUT2D eigenvalue weighted by Gasteiger charge is -2.15. The minimum absolute atomic E-state index is 0.132. The van der Waals surface area contributed by atoms with Gasteiger partial charge >= 0.3 is 0 Å². The largest absolute Gasteiger partial charge is 0.493 e. The van der Waals surface area contributed by atoms with Crippen molar-refractivity contribution in [3.63, 3.8) is 0 Å².